The number of carbonyl (C=O) groups is 1. The third-order valence-corrected chi connectivity index (χ3v) is 4.57. The molecular weight excluding hydrogens is 294 g/mol. The van der Waals surface area contributed by atoms with Crippen molar-refractivity contribution in [3.8, 4) is 0 Å². The van der Waals surface area contributed by atoms with Crippen molar-refractivity contribution in [3.63, 3.8) is 0 Å². The number of fused-ring (bicyclic) bond motifs is 1. The number of nitrogens with zero attached hydrogens (tertiary/aromatic N) is 5. The number of carbonyl (C=O) groups excluding carboxylic acids is 1. The Morgan fingerprint density at radius 2 is 2.13 bits per heavy atom. The van der Waals surface area contributed by atoms with Crippen molar-refractivity contribution in [1.29, 1.82) is 0 Å². The summed E-state index contributed by atoms with van der Waals surface area (Å²) in [7, 11) is 0. The van der Waals surface area contributed by atoms with Crippen LogP contribution >= 0.6 is 0 Å². The van der Waals surface area contributed by atoms with Gasteiger partial charge in [0.25, 0.3) is 5.91 Å². The van der Waals surface area contributed by atoms with Crippen LogP contribution < -0.4 is 5.32 Å². The molecule has 1 aliphatic rings. The maximum absolute atomic E-state index is 13.0. The molecule has 1 aromatic carbocycles. The van der Waals surface area contributed by atoms with E-state index in [0.717, 1.165) is 48.8 Å². The fourth-order valence-corrected chi connectivity index (χ4v) is 3.32. The summed E-state index contributed by atoms with van der Waals surface area (Å²) < 4.78 is 1.61. The van der Waals surface area contributed by atoms with Crippen LogP contribution in [0.25, 0.3) is 11.0 Å². The van der Waals surface area contributed by atoms with Crippen molar-refractivity contribution in [2.75, 3.05) is 5.32 Å². The summed E-state index contributed by atoms with van der Waals surface area (Å²) in [4.78, 5) is 20.2. The zero-order valence-corrected chi connectivity index (χ0v) is 12.6. The smallest absolute Gasteiger partial charge is 0.252 e. The lowest BCUT2D eigenvalue weighted by atomic mass is 9.81. The predicted molar refractivity (Wildman–Crippen MR) is 83.6 cm³/mol. The van der Waals surface area contributed by atoms with Crippen molar-refractivity contribution in [2.24, 2.45) is 0 Å². The first kappa shape index (κ1) is 13.9. The largest absolute Gasteiger partial charge is 0.345 e. The van der Waals surface area contributed by atoms with E-state index in [1.165, 1.54) is 6.33 Å². The van der Waals surface area contributed by atoms with Gasteiger partial charge >= 0.3 is 0 Å². The highest BCUT2D eigenvalue weighted by molar-refractivity contribution is 5.98. The van der Waals surface area contributed by atoms with Crippen LogP contribution in [0.4, 0.5) is 5.69 Å². The molecule has 0 aliphatic heterocycles. The number of hydrogen-bond acceptors (Lipinski definition) is 5. The van der Waals surface area contributed by atoms with E-state index in [2.05, 4.69) is 30.8 Å². The van der Waals surface area contributed by atoms with Crippen molar-refractivity contribution < 1.29 is 4.79 Å². The molecule has 1 aliphatic carbocycles. The number of benzene rings is 1. The number of aromatic nitrogens is 6. The topological polar surface area (TPSA) is 101 Å². The molecule has 2 heterocycles. The van der Waals surface area contributed by atoms with E-state index in [-0.39, 0.29) is 5.91 Å². The molecule has 0 atom stereocenters. The van der Waals surface area contributed by atoms with Gasteiger partial charge in [-0.2, -0.15) is 0 Å². The summed E-state index contributed by atoms with van der Waals surface area (Å²) >= 11 is 0. The van der Waals surface area contributed by atoms with E-state index in [1.807, 2.05) is 18.2 Å². The third-order valence-electron chi connectivity index (χ3n) is 4.57. The van der Waals surface area contributed by atoms with Gasteiger partial charge < -0.3 is 10.3 Å². The van der Waals surface area contributed by atoms with Crippen LogP contribution in [-0.4, -0.2) is 36.1 Å². The number of imidazole rings is 1. The molecule has 4 rings (SSSR count). The first-order valence-corrected chi connectivity index (χ1v) is 7.76. The maximum Gasteiger partial charge on any atom is 0.252 e. The number of amides is 1. The number of tetrazole rings is 1. The molecule has 3 aromatic rings. The van der Waals surface area contributed by atoms with Gasteiger partial charge in [-0.3, -0.25) is 4.79 Å². The fraction of sp³-hybridized carbons (Fsp3) is 0.400. The van der Waals surface area contributed by atoms with Gasteiger partial charge in [-0.15, -0.1) is 5.10 Å². The highest BCUT2D eigenvalue weighted by Gasteiger charge is 2.42. The minimum atomic E-state index is -0.704. The average molecular weight is 311 g/mol. The zero-order valence-electron chi connectivity index (χ0n) is 12.6. The van der Waals surface area contributed by atoms with Gasteiger partial charge in [0.2, 0.25) is 0 Å². The van der Waals surface area contributed by atoms with E-state index in [4.69, 9.17) is 0 Å². The molecule has 23 heavy (non-hydrogen) atoms. The predicted octanol–water partition coefficient (Wildman–Crippen LogP) is 1.85. The molecule has 0 bridgehead atoms. The molecule has 8 heteroatoms. The molecule has 0 saturated heterocycles. The second kappa shape index (κ2) is 5.45. The van der Waals surface area contributed by atoms with Crippen LogP contribution in [0.5, 0.6) is 0 Å². The van der Waals surface area contributed by atoms with Crippen LogP contribution in [0.15, 0.2) is 30.9 Å². The van der Waals surface area contributed by atoms with E-state index in [0.29, 0.717) is 0 Å². The lowest BCUT2D eigenvalue weighted by Gasteiger charge is -2.35. The van der Waals surface area contributed by atoms with Crippen LogP contribution in [0.2, 0.25) is 0 Å². The Balaban J connectivity index is 1.64. The lowest BCUT2D eigenvalue weighted by molar-refractivity contribution is -0.126. The monoisotopic (exact) mass is 311 g/mol. The van der Waals surface area contributed by atoms with Crippen LogP contribution in [0, 0.1) is 0 Å². The van der Waals surface area contributed by atoms with Crippen molar-refractivity contribution >= 4 is 22.6 Å². The summed E-state index contributed by atoms with van der Waals surface area (Å²) in [5.74, 6) is -0.0663. The second-order valence-electron chi connectivity index (χ2n) is 5.94. The Labute approximate surface area is 132 Å². The fourth-order valence-electron chi connectivity index (χ4n) is 3.32. The van der Waals surface area contributed by atoms with Crippen molar-refractivity contribution in [2.45, 2.75) is 37.6 Å². The lowest BCUT2D eigenvalue weighted by Crippen LogP contribution is -2.47. The van der Waals surface area contributed by atoms with Gasteiger partial charge in [0, 0.05) is 5.69 Å². The quantitative estimate of drug-likeness (QED) is 0.768. The Hall–Kier alpha value is -2.77. The summed E-state index contributed by atoms with van der Waals surface area (Å²) in [5, 5.41) is 14.4. The standard InChI is InChI=1S/C15H17N7O/c23-14(19-11-4-5-12-13(8-11)17-9-16-12)15(6-2-1-3-7-15)22-10-18-20-21-22/h4-5,8-10H,1-3,6-7H2,(H,16,17)(H,19,23). The Morgan fingerprint density at radius 3 is 2.91 bits per heavy atom. The van der Waals surface area contributed by atoms with Crippen LogP contribution in [-0.2, 0) is 10.3 Å². The highest BCUT2D eigenvalue weighted by Crippen LogP contribution is 2.35. The molecule has 0 unspecified atom stereocenters. The van der Waals surface area contributed by atoms with E-state index >= 15 is 0 Å². The summed E-state index contributed by atoms with van der Waals surface area (Å²) in [5.41, 5.74) is 1.80. The van der Waals surface area contributed by atoms with Gasteiger partial charge in [-0.1, -0.05) is 19.3 Å². The van der Waals surface area contributed by atoms with E-state index in [1.54, 1.807) is 11.0 Å². The number of anilines is 1. The first-order valence-electron chi connectivity index (χ1n) is 7.76. The zero-order chi connectivity index (χ0) is 15.7. The van der Waals surface area contributed by atoms with Gasteiger partial charge in [-0.25, -0.2) is 9.67 Å². The summed E-state index contributed by atoms with van der Waals surface area (Å²) in [6, 6.07) is 5.62. The molecule has 0 radical (unpaired) electrons. The number of rotatable bonds is 3. The minimum Gasteiger partial charge on any atom is -0.345 e. The molecule has 118 valence electrons. The van der Waals surface area contributed by atoms with Crippen molar-refractivity contribution in [1.82, 2.24) is 30.2 Å². The summed E-state index contributed by atoms with van der Waals surface area (Å²) in [6.07, 6.45) is 7.78. The number of H-pyrrole nitrogens is 1. The minimum absolute atomic E-state index is 0.0663. The third kappa shape index (κ3) is 2.36. The summed E-state index contributed by atoms with van der Waals surface area (Å²) in [6.45, 7) is 0. The molecule has 1 amide bonds. The molecule has 0 spiro atoms. The van der Waals surface area contributed by atoms with Crippen LogP contribution in [0.1, 0.15) is 32.1 Å². The van der Waals surface area contributed by atoms with Gasteiger partial charge in [0.1, 0.15) is 11.9 Å². The van der Waals surface area contributed by atoms with E-state index < -0.39 is 5.54 Å². The maximum atomic E-state index is 13.0. The average Bonchev–Trinajstić information content (AvgIpc) is 3.27. The van der Waals surface area contributed by atoms with Crippen LogP contribution in [0.3, 0.4) is 0 Å². The Morgan fingerprint density at radius 1 is 1.26 bits per heavy atom. The van der Waals surface area contributed by atoms with Gasteiger partial charge in [0.15, 0.2) is 0 Å². The molecular formula is C15H17N7O. The molecule has 1 saturated carbocycles. The Kier molecular flexibility index (Phi) is 3.29. The normalized spacial score (nSPS) is 17.2. The molecule has 1 fully saturated rings. The second-order valence-corrected chi connectivity index (χ2v) is 5.94. The number of nitrogens with one attached hydrogen (secondary N) is 2. The van der Waals surface area contributed by atoms with Gasteiger partial charge in [-0.05, 0) is 41.5 Å². The Bertz CT molecular complexity index is 817. The SMILES string of the molecule is O=C(Nc1ccc2nc[nH]c2c1)C1(n2cnnn2)CCCCC1. The number of aromatic amines is 1. The van der Waals surface area contributed by atoms with Gasteiger partial charge in [0.05, 0.1) is 17.4 Å². The number of hydrogen-bond donors (Lipinski definition) is 2. The first-order chi connectivity index (χ1) is 11.3. The van der Waals surface area contributed by atoms with E-state index in [9.17, 15) is 4.79 Å². The molecule has 8 nitrogen and oxygen atoms in total. The highest BCUT2D eigenvalue weighted by atomic mass is 16.2. The molecule has 2 aromatic heterocycles. The van der Waals surface area contributed by atoms with Crippen molar-refractivity contribution in [3.05, 3.63) is 30.9 Å². The molecule has 2 N–H and O–H groups in total.